The molecule has 0 heterocycles. The van der Waals surface area contributed by atoms with Crippen LogP contribution in [-0.2, 0) is 4.43 Å². The standard InChI is InChI=1S/C17H38O2Si/c1-5-6-7-8-9-10-11-12-13-14-15-17(16-18)19-20(2,3)4/h17-18H,5-16H2,1-4H3. The minimum Gasteiger partial charge on any atom is -0.412 e. The van der Waals surface area contributed by atoms with Gasteiger partial charge in [0.25, 0.3) is 0 Å². The first-order chi connectivity index (χ1) is 9.49. The van der Waals surface area contributed by atoms with Crippen LogP contribution in [0.1, 0.15) is 77.6 Å². The monoisotopic (exact) mass is 302 g/mol. The lowest BCUT2D eigenvalue weighted by Gasteiger charge is -2.24. The van der Waals surface area contributed by atoms with Crippen molar-refractivity contribution >= 4 is 8.32 Å². The second-order valence-electron chi connectivity index (χ2n) is 7.01. The molecule has 0 saturated heterocycles. The molecule has 0 aromatic heterocycles. The van der Waals surface area contributed by atoms with Crippen molar-refractivity contribution in [3.05, 3.63) is 0 Å². The fourth-order valence-corrected chi connectivity index (χ4v) is 3.74. The molecule has 0 fully saturated rings. The third-order valence-electron chi connectivity index (χ3n) is 3.60. The number of aliphatic hydroxyl groups is 1. The summed E-state index contributed by atoms with van der Waals surface area (Å²) >= 11 is 0. The Labute approximate surface area is 128 Å². The molecule has 0 saturated carbocycles. The zero-order valence-corrected chi connectivity index (χ0v) is 15.4. The van der Waals surface area contributed by atoms with Gasteiger partial charge < -0.3 is 9.53 Å². The maximum atomic E-state index is 9.33. The van der Waals surface area contributed by atoms with Crippen molar-refractivity contribution < 1.29 is 9.53 Å². The lowest BCUT2D eigenvalue weighted by atomic mass is 10.0. The van der Waals surface area contributed by atoms with Crippen LogP contribution in [0.3, 0.4) is 0 Å². The van der Waals surface area contributed by atoms with Gasteiger partial charge in [-0.05, 0) is 26.1 Å². The molecule has 0 radical (unpaired) electrons. The van der Waals surface area contributed by atoms with Crippen LogP contribution >= 0.6 is 0 Å². The van der Waals surface area contributed by atoms with Gasteiger partial charge in [0.1, 0.15) is 0 Å². The maximum Gasteiger partial charge on any atom is 0.184 e. The summed E-state index contributed by atoms with van der Waals surface area (Å²) in [4.78, 5) is 0. The summed E-state index contributed by atoms with van der Waals surface area (Å²) in [5.74, 6) is 0. The van der Waals surface area contributed by atoms with E-state index in [1.807, 2.05) is 0 Å². The fourth-order valence-electron chi connectivity index (χ4n) is 2.55. The Morgan fingerprint density at radius 1 is 0.800 bits per heavy atom. The third-order valence-corrected chi connectivity index (χ3v) is 4.64. The van der Waals surface area contributed by atoms with Crippen molar-refractivity contribution in [3.63, 3.8) is 0 Å². The predicted octanol–water partition coefficient (Wildman–Crippen LogP) is 5.51. The van der Waals surface area contributed by atoms with Crippen LogP contribution in [0.4, 0.5) is 0 Å². The zero-order valence-electron chi connectivity index (χ0n) is 14.4. The lowest BCUT2D eigenvalue weighted by Crippen LogP contribution is -2.33. The molecule has 2 nitrogen and oxygen atoms in total. The van der Waals surface area contributed by atoms with E-state index in [1.165, 1.54) is 64.2 Å². The normalized spacial score (nSPS) is 13.7. The predicted molar refractivity (Wildman–Crippen MR) is 91.8 cm³/mol. The fraction of sp³-hybridized carbons (Fsp3) is 1.00. The molecule has 0 aromatic carbocycles. The number of hydrogen-bond acceptors (Lipinski definition) is 2. The summed E-state index contributed by atoms with van der Waals surface area (Å²) in [6.45, 7) is 9.02. The first-order valence-corrected chi connectivity index (χ1v) is 12.2. The minimum absolute atomic E-state index is 0.0794. The van der Waals surface area contributed by atoms with Gasteiger partial charge in [0, 0.05) is 0 Å². The van der Waals surface area contributed by atoms with Crippen molar-refractivity contribution in [1.82, 2.24) is 0 Å². The summed E-state index contributed by atoms with van der Waals surface area (Å²) in [7, 11) is -1.50. The minimum atomic E-state index is -1.50. The van der Waals surface area contributed by atoms with Crippen molar-refractivity contribution in [2.24, 2.45) is 0 Å². The van der Waals surface area contributed by atoms with E-state index in [4.69, 9.17) is 4.43 Å². The van der Waals surface area contributed by atoms with E-state index < -0.39 is 8.32 Å². The second-order valence-corrected chi connectivity index (χ2v) is 11.5. The van der Waals surface area contributed by atoms with Gasteiger partial charge in [0.2, 0.25) is 0 Å². The molecule has 0 aliphatic heterocycles. The molecule has 122 valence electrons. The highest BCUT2D eigenvalue weighted by Gasteiger charge is 2.20. The zero-order chi connectivity index (χ0) is 15.3. The summed E-state index contributed by atoms with van der Waals surface area (Å²) in [5.41, 5.74) is 0. The number of hydrogen-bond donors (Lipinski definition) is 1. The molecule has 0 aliphatic carbocycles. The van der Waals surface area contributed by atoms with Crippen LogP contribution < -0.4 is 0 Å². The van der Waals surface area contributed by atoms with Gasteiger partial charge >= 0.3 is 0 Å². The van der Waals surface area contributed by atoms with E-state index in [9.17, 15) is 5.11 Å². The topological polar surface area (TPSA) is 29.5 Å². The molecule has 1 N–H and O–H groups in total. The average molecular weight is 303 g/mol. The Morgan fingerprint density at radius 3 is 1.65 bits per heavy atom. The summed E-state index contributed by atoms with van der Waals surface area (Å²) in [5, 5.41) is 9.33. The molecule has 0 rings (SSSR count). The van der Waals surface area contributed by atoms with Gasteiger partial charge in [-0.3, -0.25) is 0 Å². The van der Waals surface area contributed by atoms with E-state index in [0.717, 1.165) is 6.42 Å². The van der Waals surface area contributed by atoms with Gasteiger partial charge in [-0.2, -0.15) is 0 Å². The van der Waals surface area contributed by atoms with E-state index in [0.29, 0.717) is 0 Å². The highest BCUT2D eigenvalue weighted by molar-refractivity contribution is 6.69. The first kappa shape index (κ1) is 20.1. The number of unbranched alkanes of at least 4 members (excludes halogenated alkanes) is 9. The SMILES string of the molecule is CCCCCCCCCCCCC(CO)O[Si](C)(C)C. The molecule has 0 aromatic rings. The van der Waals surface area contributed by atoms with Crippen LogP contribution in [0.15, 0.2) is 0 Å². The first-order valence-electron chi connectivity index (χ1n) is 8.78. The Kier molecular flexibility index (Phi) is 12.9. The van der Waals surface area contributed by atoms with Crippen LogP contribution in [0.2, 0.25) is 19.6 Å². The molecule has 3 heteroatoms. The largest absolute Gasteiger partial charge is 0.412 e. The van der Waals surface area contributed by atoms with Crippen molar-refractivity contribution in [2.75, 3.05) is 6.61 Å². The van der Waals surface area contributed by atoms with Crippen LogP contribution in [0.25, 0.3) is 0 Å². The van der Waals surface area contributed by atoms with Crippen molar-refractivity contribution in [3.8, 4) is 0 Å². The summed E-state index contributed by atoms with van der Waals surface area (Å²) in [6.07, 6.45) is 14.7. The van der Waals surface area contributed by atoms with E-state index in [2.05, 4.69) is 26.6 Å². The maximum absolute atomic E-state index is 9.33. The number of aliphatic hydroxyl groups excluding tert-OH is 1. The molecule has 20 heavy (non-hydrogen) atoms. The highest BCUT2D eigenvalue weighted by Crippen LogP contribution is 2.15. The molecule has 0 amide bonds. The highest BCUT2D eigenvalue weighted by atomic mass is 28.4. The van der Waals surface area contributed by atoms with Gasteiger partial charge in [0.05, 0.1) is 12.7 Å². The quantitative estimate of drug-likeness (QED) is 0.338. The Bertz CT molecular complexity index is 202. The Hall–Kier alpha value is 0.137. The smallest absolute Gasteiger partial charge is 0.184 e. The van der Waals surface area contributed by atoms with E-state index in [-0.39, 0.29) is 12.7 Å². The van der Waals surface area contributed by atoms with Crippen LogP contribution in [-0.4, -0.2) is 26.1 Å². The molecule has 0 aliphatic rings. The second kappa shape index (κ2) is 12.8. The number of rotatable bonds is 14. The van der Waals surface area contributed by atoms with Crippen molar-refractivity contribution in [1.29, 1.82) is 0 Å². The Balaban J connectivity index is 3.33. The van der Waals surface area contributed by atoms with Crippen molar-refractivity contribution in [2.45, 2.75) is 103 Å². The molecular formula is C17H38O2Si. The van der Waals surface area contributed by atoms with Gasteiger partial charge in [-0.15, -0.1) is 0 Å². The van der Waals surface area contributed by atoms with E-state index in [1.54, 1.807) is 0 Å². The van der Waals surface area contributed by atoms with E-state index >= 15 is 0 Å². The van der Waals surface area contributed by atoms with Gasteiger partial charge in [0.15, 0.2) is 8.32 Å². The molecular weight excluding hydrogens is 264 g/mol. The summed E-state index contributed by atoms with van der Waals surface area (Å²) in [6, 6.07) is 0. The average Bonchev–Trinajstić information content (AvgIpc) is 2.38. The molecule has 0 bridgehead atoms. The van der Waals surface area contributed by atoms with Gasteiger partial charge in [-0.25, -0.2) is 0 Å². The molecule has 0 spiro atoms. The van der Waals surface area contributed by atoms with Crippen LogP contribution in [0, 0.1) is 0 Å². The molecule has 1 unspecified atom stereocenters. The van der Waals surface area contributed by atoms with Gasteiger partial charge in [-0.1, -0.05) is 71.1 Å². The lowest BCUT2D eigenvalue weighted by molar-refractivity contribution is 0.100. The molecule has 1 atom stereocenters. The van der Waals surface area contributed by atoms with Crippen LogP contribution in [0.5, 0.6) is 0 Å². The summed E-state index contributed by atoms with van der Waals surface area (Å²) < 4.78 is 5.96. The third kappa shape index (κ3) is 14.5. The Morgan fingerprint density at radius 2 is 1.25 bits per heavy atom.